The second-order valence-corrected chi connectivity index (χ2v) is 9.30. The first-order valence-corrected chi connectivity index (χ1v) is 10.9. The molecule has 0 unspecified atom stereocenters. The Kier molecular flexibility index (Phi) is 5.52. The lowest BCUT2D eigenvalue weighted by molar-refractivity contribution is -0.129. The van der Waals surface area contributed by atoms with E-state index >= 15 is 0 Å². The minimum Gasteiger partial charge on any atom is -0.368 e. The van der Waals surface area contributed by atoms with Crippen molar-refractivity contribution in [2.45, 2.75) is 24.5 Å². The number of nitrogens with zero attached hydrogens (tertiary/aromatic N) is 2. The lowest BCUT2D eigenvalue weighted by Gasteiger charge is -2.35. The van der Waals surface area contributed by atoms with Gasteiger partial charge in [-0.1, -0.05) is 13.0 Å². The van der Waals surface area contributed by atoms with Crippen LogP contribution in [0.2, 0.25) is 0 Å². The number of amides is 1. The standard InChI is InChI=1S/C18H23N3O3S2/c1-3-17-7-8-18(25-17)26(23,24)19-15-5-4-6-16(13-15)21-11-9-20(10-12-21)14(2)22/h4-8,13,19H,3,9-12H2,1-2H3. The lowest BCUT2D eigenvalue weighted by Crippen LogP contribution is -2.48. The topological polar surface area (TPSA) is 69.7 Å². The molecule has 1 aliphatic heterocycles. The minimum absolute atomic E-state index is 0.0913. The number of rotatable bonds is 5. The van der Waals surface area contributed by atoms with Gasteiger partial charge in [-0.2, -0.15) is 0 Å². The van der Waals surface area contributed by atoms with E-state index in [0.29, 0.717) is 23.0 Å². The molecule has 2 heterocycles. The highest BCUT2D eigenvalue weighted by Crippen LogP contribution is 2.26. The zero-order chi connectivity index (χ0) is 18.7. The Labute approximate surface area is 158 Å². The third-order valence-corrected chi connectivity index (χ3v) is 7.54. The third kappa shape index (κ3) is 4.19. The van der Waals surface area contributed by atoms with Crippen molar-refractivity contribution in [3.8, 4) is 0 Å². The van der Waals surface area contributed by atoms with Crippen molar-refractivity contribution < 1.29 is 13.2 Å². The number of carbonyl (C=O) groups is 1. The summed E-state index contributed by atoms with van der Waals surface area (Å²) in [4.78, 5) is 16.5. The highest BCUT2D eigenvalue weighted by atomic mass is 32.2. The summed E-state index contributed by atoms with van der Waals surface area (Å²) in [7, 11) is -3.57. The number of hydrogen-bond donors (Lipinski definition) is 1. The van der Waals surface area contributed by atoms with Crippen LogP contribution in [0.1, 0.15) is 18.7 Å². The van der Waals surface area contributed by atoms with E-state index in [0.717, 1.165) is 30.1 Å². The SMILES string of the molecule is CCc1ccc(S(=O)(=O)Nc2cccc(N3CCN(C(C)=O)CC3)c2)s1. The smallest absolute Gasteiger partial charge is 0.271 e. The van der Waals surface area contributed by atoms with Crippen molar-refractivity contribution in [3.63, 3.8) is 0 Å². The van der Waals surface area contributed by atoms with Crippen LogP contribution in [0.25, 0.3) is 0 Å². The molecule has 1 N–H and O–H groups in total. The Morgan fingerprint density at radius 3 is 2.50 bits per heavy atom. The summed E-state index contributed by atoms with van der Waals surface area (Å²) in [6, 6.07) is 10.9. The molecule has 6 nitrogen and oxygen atoms in total. The average Bonchev–Trinajstić information content (AvgIpc) is 3.12. The predicted molar refractivity (Wildman–Crippen MR) is 105 cm³/mol. The van der Waals surface area contributed by atoms with Gasteiger partial charge in [0.1, 0.15) is 4.21 Å². The largest absolute Gasteiger partial charge is 0.368 e. The number of thiophene rings is 1. The highest BCUT2D eigenvalue weighted by molar-refractivity contribution is 7.94. The molecule has 1 amide bonds. The van der Waals surface area contributed by atoms with Crippen LogP contribution in [0, 0.1) is 0 Å². The van der Waals surface area contributed by atoms with Crippen molar-refractivity contribution in [2.24, 2.45) is 0 Å². The first kappa shape index (κ1) is 18.7. The zero-order valence-electron chi connectivity index (χ0n) is 14.9. The molecule has 1 aromatic heterocycles. The van der Waals surface area contributed by atoms with Gasteiger partial charge in [0.25, 0.3) is 10.0 Å². The molecule has 1 aromatic carbocycles. The van der Waals surface area contributed by atoms with E-state index in [2.05, 4.69) is 9.62 Å². The summed E-state index contributed by atoms with van der Waals surface area (Å²) < 4.78 is 28.2. The molecule has 0 atom stereocenters. The zero-order valence-corrected chi connectivity index (χ0v) is 16.6. The number of aryl methyl sites for hydroxylation is 1. The number of hydrogen-bond acceptors (Lipinski definition) is 5. The Morgan fingerprint density at radius 2 is 1.88 bits per heavy atom. The summed E-state index contributed by atoms with van der Waals surface area (Å²) >= 11 is 1.30. The fraction of sp³-hybridized carbons (Fsp3) is 0.389. The molecule has 1 aliphatic rings. The van der Waals surface area contributed by atoms with E-state index in [1.54, 1.807) is 19.1 Å². The van der Waals surface area contributed by atoms with E-state index in [-0.39, 0.29) is 5.91 Å². The van der Waals surface area contributed by atoms with Crippen molar-refractivity contribution in [1.82, 2.24) is 4.90 Å². The predicted octanol–water partition coefficient (Wildman–Crippen LogP) is 2.78. The highest BCUT2D eigenvalue weighted by Gasteiger charge is 2.20. The van der Waals surface area contributed by atoms with Gasteiger partial charge >= 0.3 is 0 Å². The van der Waals surface area contributed by atoms with Crippen molar-refractivity contribution in [1.29, 1.82) is 0 Å². The molecular formula is C18H23N3O3S2. The molecule has 3 rings (SSSR count). The molecule has 0 saturated carbocycles. The van der Waals surface area contributed by atoms with Gasteiger partial charge in [0.15, 0.2) is 0 Å². The quantitative estimate of drug-likeness (QED) is 0.848. The Hall–Kier alpha value is -2.06. The Bertz CT molecular complexity index is 885. The second-order valence-electron chi connectivity index (χ2n) is 6.22. The Balaban J connectivity index is 1.72. The second kappa shape index (κ2) is 7.67. The average molecular weight is 394 g/mol. The molecular weight excluding hydrogens is 370 g/mol. The van der Waals surface area contributed by atoms with E-state index in [1.807, 2.05) is 36.1 Å². The molecule has 0 radical (unpaired) electrons. The molecule has 0 aliphatic carbocycles. The van der Waals surface area contributed by atoms with Crippen LogP contribution >= 0.6 is 11.3 Å². The summed E-state index contributed by atoms with van der Waals surface area (Å²) in [5.74, 6) is 0.0913. The number of piperazine rings is 1. The molecule has 140 valence electrons. The van der Waals surface area contributed by atoms with Crippen LogP contribution in [-0.2, 0) is 21.2 Å². The molecule has 1 saturated heterocycles. The molecule has 2 aromatic rings. The first-order valence-electron chi connectivity index (χ1n) is 8.61. The van der Waals surface area contributed by atoms with Gasteiger partial charge in [0.2, 0.25) is 5.91 Å². The van der Waals surface area contributed by atoms with E-state index < -0.39 is 10.0 Å². The summed E-state index contributed by atoms with van der Waals surface area (Å²) in [5.41, 5.74) is 1.50. The van der Waals surface area contributed by atoms with Crippen molar-refractivity contribution in [2.75, 3.05) is 35.8 Å². The summed E-state index contributed by atoms with van der Waals surface area (Å²) in [6.07, 6.45) is 0.821. The van der Waals surface area contributed by atoms with Crippen LogP contribution in [-0.4, -0.2) is 45.4 Å². The number of sulfonamides is 1. The summed E-state index contributed by atoms with van der Waals surface area (Å²) in [6.45, 7) is 6.42. The lowest BCUT2D eigenvalue weighted by atomic mass is 10.2. The van der Waals surface area contributed by atoms with Crippen LogP contribution in [0.4, 0.5) is 11.4 Å². The van der Waals surface area contributed by atoms with Crippen LogP contribution in [0.5, 0.6) is 0 Å². The van der Waals surface area contributed by atoms with Gasteiger partial charge in [0, 0.05) is 43.7 Å². The first-order chi connectivity index (χ1) is 12.4. The number of benzene rings is 1. The fourth-order valence-corrected chi connectivity index (χ4v) is 5.29. The van der Waals surface area contributed by atoms with E-state index in [1.165, 1.54) is 11.3 Å². The molecule has 1 fully saturated rings. The number of carbonyl (C=O) groups excluding carboxylic acids is 1. The van der Waals surface area contributed by atoms with Crippen LogP contribution < -0.4 is 9.62 Å². The fourth-order valence-electron chi connectivity index (χ4n) is 2.94. The summed E-state index contributed by atoms with van der Waals surface area (Å²) in [5, 5.41) is 0. The van der Waals surface area contributed by atoms with E-state index in [4.69, 9.17) is 0 Å². The molecule has 0 spiro atoms. The molecule has 8 heteroatoms. The van der Waals surface area contributed by atoms with Crippen molar-refractivity contribution in [3.05, 3.63) is 41.3 Å². The third-order valence-electron chi connectivity index (χ3n) is 4.44. The maximum absolute atomic E-state index is 12.6. The van der Waals surface area contributed by atoms with Crippen molar-refractivity contribution >= 4 is 38.6 Å². The van der Waals surface area contributed by atoms with Gasteiger partial charge in [-0.15, -0.1) is 11.3 Å². The van der Waals surface area contributed by atoms with Gasteiger partial charge < -0.3 is 9.80 Å². The number of nitrogens with one attached hydrogen (secondary N) is 1. The van der Waals surface area contributed by atoms with Crippen LogP contribution in [0.15, 0.2) is 40.6 Å². The maximum atomic E-state index is 12.6. The Morgan fingerprint density at radius 1 is 1.15 bits per heavy atom. The van der Waals surface area contributed by atoms with Gasteiger partial charge in [0.05, 0.1) is 5.69 Å². The monoisotopic (exact) mass is 393 g/mol. The number of anilines is 2. The van der Waals surface area contributed by atoms with E-state index in [9.17, 15) is 13.2 Å². The maximum Gasteiger partial charge on any atom is 0.271 e. The molecule has 26 heavy (non-hydrogen) atoms. The van der Waals surface area contributed by atoms with Gasteiger partial charge in [-0.05, 0) is 36.8 Å². The van der Waals surface area contributed by atoms with Gasteiger partial charge in [-0.3, -0.25) is 9.52 Å². The van der Waals surface area contributed by atoms with Crippen LogP contribution in [0.3, 0.4) is 0 Å². The van der Waals surface area contributed by atoms with Gasteiger partial charge in [-0.25, -0.2) is 8.42 Å². The molecule has 0 bridgehead atoms. The normalized spacial score (nSPS) is 15.2. The minimum atomic E-state index is -3.57.